The third-order valence-electron chi connectivity index (χ3n) is 0.914. The lowest BCUT2D eigenvalue weighted by atomic mass is 10.5. The summed E-state index contributed by atoms with van der Waals surface area (Å²) in [6.45, 7) is 4.09. The quantitative estimate of drug-likeness (QED) is 0.610. The van der Waals surface area contributed by atoms with Crippen molar-refractivity contribution in [1.29, 1.82) is 0 Å². The molecule has 1 heterocycles. The SMILES string of the molecule is CP(C)Oc1ccccn1. The zero-order valence-corrected chi connectivity index (χ0v) is 7.01. The Kier molecular flexibility index (Phi) is 2.64. The van der Waals surface area contributed by atoms with E-state index >= 15 is 0 Å². The molecule has 0 amide bonds. The first-order chi connectivity index (χ1) is 4.79. The zero-order valence-electron chi connectivity index (χ0n) is 6.11. The van der Waals surface area contributed by atoms with E-state index in [2.05, 4.69) is 4.98 Å². The van der Waals surface area contributed by atoms with Crippen molar-refractivity contribution in [2.24, 2.45) is 0 Å². The van der Waals surface area contributed by atoms with Crippen LogP contribution in [0.5, 0.6) is 5.88 Å². The van der Waals surface area contributed by atoms with Crippen molar-refractivity contribution >= 4 is 8.15 Å². The lowest BCUT2D eigenvalue weighted by Gasteiger charge is -2.05. The Morgan fingerprint density at radius 1 is 1.40 bits per heavy atom. The molecule has 0 spiro atoms. The van der Waals surface area contributed by atoms with Crippen molar-refractivity contribution < 1.29 is 4.52 Å². The highest BCUT2D eigenvalue weighted by atomic mass is 31.1. The first-order valence-electron chi connectivity index (χ1n) is 3.05. The number of hydrogen-bond donors (Lipinski definition) is 0. The Morgan fingerprint density at radius 2 is 2.20 bits per heavy atom. The van der Waals surface area contributed by atoms with Crippen molar-refractivity contribution in [3.8, 4) is 5.88 Å². The van der Waals surface area contributed by atoms with Crippen molar-refractivity contribution in [3.05, 3.63) is 24.4 Å². The van der Waals surface area contributed by atoms with E-state index < -0.39 is 0 Å². The van der Waals surface area contributed by atoms with Crippen LogP contribution in [0.25, 0.3) is 0 Å². The molecule has 1 aromatic heterocycles. The summed E-state index contributed by atoms with van der Waals surface area (Å²) in [5.74, 6) is 0.721. The van der Waals surface area contributed by atoms with Gasteiger partial charge in [-0.3, -0.25) is 0 Å². The van der Waals surface area contributed by atoms with E-state index in [0.717, 1.165) is 5.88 Å². The predicted molar refractivity (Wildman–Crippen MR) is 43.6 cm³/mol. The Hall–Kier alpha value is -0.620. The molecule has 3 heteroatoms. The number of pyridine rings is 1. The predicted octanol–water partition coefficient (Wildman–Crippen LogP) is 2.12. The summed E-state index contributed by atoms with van der Waals surface area (Å²) in [5, 5.41) is 0. The fourth-order valence-corrected chi connectivity index (χ4v) is 1.07. The molecule has 0 saturated carbocycles. The molecule has 54 valence electrons. The molecule has 0 fully saturated rings. The minimum atomic E-state index is -0.339. The summed E-state index contributed by atoms with van der Waals surface area (Å²) in [5.41, 5.74) is 0. The van der Waals surface area contributed by atoms with Gasteiger partial charge in [-0.25, -0.2) is 4.98 Å². The van der Waals surface area contributed by atoms with Crippen LogP contribution in [0.3, 0.4) is 0 Å². The largest absolute Gasteiger partial charge is 0.457 e. The first kappa shape index (κ1) is 7.49. The highest BCUT2D eigenvalue weighted by molar-refractivity contribution is 7.51. The zero-order chi connectivity index (χ0) is 7.40. The van der Waals surface area contributed by atoms with Crippen LogP contribution in [0, 0.1) is 0 Å². The molecule has 0 aromatic carbocycles. The number of rotatable bonds is 2. The Bertz CT molecular complexity index is 188. The van der Waals surface area contributed by atoms with Crippen LogP contribution in [-0.2, 0) is 0 Å². The Labute approximate surface area is 62.1 Å². The average molecular weight is 155 g/mol. The van der Waals surface area contributed by atoms with E-state index in [1.54, 1.807) is 6.20 Å². The van der Waals surface area contributed by atoms with E-state index in [1.807, 2.05) is 31.5 Å². The highest BCUT2D eigenvalue weighted by Crippen LogP contribution is 2.27. The average Bonchev–Trinajstić information content (AvgIpc) is 1.88. The lowest BCUT2D eigenvalue weighted by Crippen LogP contribution is -1.85. The highest BCUT2D eigenvalue weighted by Gasteiger charge is 1.94. The van der Waals surface area contributed by atoms with Crippen LogP contribution < -0.4 is 4.52 Å². The molecule has 2 nitrogen and oxygen atoms in total. The van der Waals surface area contributed by atoms with Gasteiger partial charge in [0.1, 0.15) is 0 Å². The Balaban J connectivity index is 2.59. The van der Waals surface area contributed by atoms with Gasteiger partial charge in [0.05, 0.1) is 8.15 Å². The van der Waals surface area contributed by atoms with Crippen molar-refractivity contribution in [2.45, 2.75) is 0 Å². The third kappa shape index (κ3) is 2.32. The van der Waals surface area contributed by atoms with Gasteiger partial charge in [-0.05, 0) is 19.4 Å². The van der Waals surface area contributed by atoms with E-state index in [1.165, 1.54) is 0 Å². The summed E-state index contributed by atoms with van der Waals surface area (Å²) in [6, 6.07) is 5.66. The lowest BCUT2D eigenvalue weighted by molar-refractivity contribution is 0.595. The topological polar surface area (TPSA) is 22.1 Å². The van der Waals surface area contributed by atoms with Crippen molar-refractivity contribution in [2.75, 3.05) is 13.3 Å². The molecule has 0 atom stereocenters. The molecule has 0 saturated heterocycles. The summed E-state index contributed by atoms with van der Waals surface area (Å²) >= 11 is 0. The van der Waals surface area contributed by atoms with Gasteiger partial charge in [-0.2, -0.15) is 0 Å². The molecule has 0 aliphatic rings. The van der Waals surface area contributed by atoms with Gasteiger partial charge in [0, 0.05) is 12.3 Å². The first-order valence-corrected chi connectivity index (χ1v) is 5.21. The smallest absolute Gasteiger partial charge is 0.215 e. The monoisotopic (exact) mass is 155 g/mol. The fourth-order valence-electron chi connectivity index (χ4n) is 0.588. The standard InChI is InChI=1S/C7H10NOP/c1-10(2)9-7-5-3-4-6-8-7/h3-6H,1-2H3. The third-order valence-corrected chi connectivity index (χ3v) is 1.47. The van der Waals surface area contributed by atoms with Gasteiger partial charge in [-0.15, -0.1) is 0 Å². The van der Waals surface area contributed by atoms with Crippen LogP contribution in [0.15, 0.2) is 24.4 Å². The Morgan fingerprint density at radius 3 is 2.70 bits per heavy atom. The summed E-state index contributed by atoms with van der Waals surface area (Å²) in [4.78, 5) is 4.01. The molecule has 0 bridgehead atoms. The van der Waals surface area contributed by atoms with Gasteiger partial charge in [0.15, 0.2) is 0 Å². The van der Waals surface area contributed by atoms with Gasteiger partial charge in [-0.1, -0.05) is 6.07 Å². The molecule has 0 radical (unpaired) electrons. The maximum absolute atomic E-state index is 5.37. The van der Waals surface area contributed by atoms with Crippen molar-refractivity contribution in [3.63, 3.8) is 0 Å². The normalized spacial score (nSPS) is 9.90. The summed E-state index contributed by atoms with van der Waals surface area (Å²) in [6.07, 6.45) is 1.73. The van der Waals surface area contributed by atoms with Gasteiger partial charge >= 0.3 is 0 Å². The van der Waals surface area contributed by atoms with E-state index in [0.29, 0.717) is 0 Å². The maximum atomic E-state index is 5.37. The van der Waals surface area contributed by atoms with E-state index in [4.69, 9.17) is 4.52 Å². The van der Waals surface area contributed by atoms with Crippen LogP contribution in [0.1, 0.15) is 0 Å². The molecule has 1 aromatic rings. The molecular weight excluding hydrogens is 145 g/mol. The molecule has 10 heavy (non-hydrogen) atoms. The number of nitrogens with zero attached hydrogens (tertiary/aromatic N) is 1. The molecular formula is C7H10NOP. The van der Waals surface area contributed by atoms with Crippen molar-refractivity contribution in [1.82, 2.24) is 4.98 Å². The molecule has 0 aliphatic carbocycles. The minimum Gasteiger partial charge on any atom is -0.457 e. The van der Waals surface area contributed by atoms with Crippen LogP contribution in [0.4, 0.5) is 0 Å². The molecule has 0 aliphatic heterocycles. The summed E-state index contributed by atoms with van der Waals surface area (Å²) < 4.78 is 5.37. The minimum absolute atomic E-state index is 0.339. The maximum Gasteiger partial charge on any atom is 0.215 e. The number of hydrogen-bond acceptors (Lipinski definition) is 2. The second-order valence-corrected chi connectivity index (χ2v) is 3.88. The van der Waals surface area contributed by atoms with Crippen LogP contribution in [0.2, 0.25) is 0 Å². The van der Waals surface area contributed by atoms with E-state index in [-0.39, 0.29) is 8.15 Å². The number of aromatic nitrogens is 1. The van der Waals surface area contributed by atoms with Gasteiger partial charge in [0.25, 0.3) is 0 Å². The molecule has 0 unspecified atom stereocenters. The van der Waals surface area contributed by atoms with Crippen LogP contribution >= 0.6 is 8.15 Å². The fraction of sp³-hybridized carbons (Fsp3) is 0.286. The van der Waals surface area contributed by atoms with E-state index in [9.17, 15) is 0 Å². The summed E-state index contributed by atoms with van der Waals surface area (Å²) in [7, 11) is -0.339. The second kappa shape index (κ2) is 3.52. The molecule has 0 N–H and O–H groups in total. The van der Waals surface area contributed by atoms with Gasteiger partial charge < -0.3 is 4.52 Å². The van der Waals surface area contributed by atoms with Crippen LogP contribution in [-0.4, -0.2) is 18.3 Å². The molecule has 1 rings (SSSR count). The van der Waals surface area contributed by atoms with Gasteiger partial charge in [0.2, 0.25) is 5.88 Å². The second-order valence-electron chi connectivity index (χ2n) is 2.07.